The Hall–Kier alpha value is 0.240. The molecule has 0 fully saturated rings. The monoisotopic (exact) mass is 763 g/mol. The summed E-state index contributed by atoms with van der Waals surface area (Å²) in [6, 6.07) is 0. The second kappa shape index (κ2) is 42.2. The van der Waals surface area contributed by atoms with Crippen LogP contribution in [0.1, 0.15) is 21.8 Å². The van der Waals surface area contributed by atoms with Gasteiger partial charge in [-0.1, -0.05) is 14.9 Å². The predicted molar refractivity (Wildman–Crippen MR) is 164 cm³/mol. The van der Waals surface area contributed by atoms with E-state index in [-0.39, 0.29) is 20.8 Å². The second-order valence-electron chi connectivity index (χ2n) is 4.87. The Kier molecular flexibility index (Phi) is 61.0. The molecule has 0 radical (unpaired) electrons. The van der Waals surface area contributed by atoms with Gasteiger partial charge < -0.3 is 23.2 Å². The van der Waals surface area contributed by atoms with Gasteiger partial charge in [0.15, 0.2) is 12.3 Å². The van der Waals surface area contributed by atoms with Crippen LogP contribution in [0.25, 0.3) is 0 Å². The number of carbonyl (C=O) groups excluding carboxylic acids is 1. The first kappa shape index (κ1) is 62.1. The van der Waals surface area contributed by atoms with Gasteiger partial charge in [0.2, 0.25) is 0 Å². The van der Waals surface area contributed by atoms with E-state index in [9.17, 15) is 26.9 Å². The highest BCUT2D eigenvalue weighted by molar-refractivity contribution is 7.89. The summed E-state index contributed by atoms with van der Waals surface area (Å²) >= 11 is 0.963. The number of methoxy groups -OCH3 is 1. The van der Waals surface area contributed by atoms with Crippen LogP contribution in [0.2, 0.25) is 0 Å². The minimum atomic E-state index is -4.34. The van der Waals surface area contributed by atoms with Crippen molar-refractivity contribution in [1.82, 2.24) is 0 Å². The van der Waals surface area contributed by atoms with Gasteiger partial charge >= 0.3 is 38.5 Å². The zero-order valence-electron chi connectivity index (χ0n) is 25.3. The highest BCUT2D eigenvalue weighted by Crippen LogP contribution is 2.62. The maximum absolute atomic E-state index is 11.0. The average Bonchev–Trinajstić information content (AvgIpc) is 2.95. The molecule has 0 rings (SSSR count). The Morgan fingerprint density at radius 1 is 0.767 bits per heavy atom. The molecule has 20 nitrogen and oxygen atoms in total. The minimum Gasteiger partial charge on any atom is -0.469 e. The lowest BCUT2D eigenvalue weighted by atomic mass is 10.8. The Morgan fingerprint density at radius 2 is 1.07 bits per heavy atom. The topological polar surface area (TPSA) is 243 Å². The summed E-state index contributed by atoms with van der Waals surface area (Å²) in [5.41, 5.74) is 0. The number of phosphoric acid groups is 2. The number of rotatable bonds is 13. The molecule has 0 amide bonds. The molecular weight excluding hydrogens is 712 g/mol. The largest absolute Gasteiger partial charge is 0.696 e. The quantitative estimate of drug-likeness (QED) is 0.111. The van der Waals surface area contributed by atoms with E-state index < -0.39 is 42.6 Å². The third kappa shape index (κ3) is 65.8. The maximum Gasteiger partial charge on any atom is 0.696 e. The molecule has 0 aliphatic heterocycles. The van der Waals surface area contributed by atoms with Gasteiger partial charge in [0.1, 0.15) is 0 Å². The van der Waals surface area contributed by atoms with Gasteiger partial charge in [-0.3, -0.25) is 30.9 Å². The zero-order chi connectivity index (χ0) is 34.1. The molecule has 1 unspecified atom stereocenters. The van der Waals surface area contributed by atoms with Crippen LogP contribution in [-0.2, 0) is 86.4 Å². The van der Waals surface area contributed by atoms with Crippen molar-refractivity contribution in [3.05, 3.63) is 0 Å². The van der Waals surface area contributed by atoms with E-state index >= 15 is 0 Å². The molecule has 43 heavy (non-hydrogen) atoms. The fourth-order valence-corrected chi connectivity index (χ4v) is 3.36. The first-order valence-electron chi connectivity index (χ1n) is 9.62. The van der Waals surface area contributed by atoms with E-state index in [2.05, 4.69) is 57.8 Å². The summed E-state index contributed by atoms with van der Waals surface area (Å²) in [6.07, 6.45) is 0.993. The van der Waals surface area contributed by atoms with Gasteiger partial charge in [-0.25, -0.2) is 9.13 Å². The van der Waals surface area contributed by atoms with E-state index in [1.165, 1.54) is 28.3 Å². The van der Waals surface area contributed by atoms with Crippen LogP contribution >= 0.6 is 44.8 Å². The van der Waals surface area contributed by atoms with Crippen molar-refractivity contribution < 1.29 is 89.6 Å². The van der Waals surface area contributed by atoms with E-state index in [4.69, 9.17) is 4.89 Å². The standard InChI is InChI=1S/C3H10O7P2.C3H9O3P.C3H6O2.C2H6O3P.C2H6O3S.C2H6O2S.2CH4/c1-7-11(4,5)10-12(6,8-2)9-3;1-4-7(5-2)6-3;1-3(4)5-2;1-4-6(3)5-2;1-5-6(2,3)4;1-3-5-4-2;;/h1-3H3,(H,4,5);1-3H3;1-2H3;2*1-2H3;1-2H3;2*1H4/q;;;+1;;;;. The number of carbonyl (C=O) groups is 1. The van der Waals surface area contributed by atoms with Crippen molar-refractivity contribution in [2.45, 2.75) is 21.8 Å². The van der Waals surface area contributed by atoms with Crippen LogP contribution in [0.15, 0.2) is 0 Å². The third-order valence-corrected chi connectivity index (χ3v) is 7.70. The first-order valence-corrected chi connectivity index (χ1v) is 17.3. The molecular formula is C17H51O20P4S2+. The molecule has 0 saturated carbocycles. The molecule has 0 saturated heterocycles. The van der Waals surface area contributed by atoms with Gasteiger partial charge in [-0.05, 0) is 0 Å². The second-order valence-corrected chi connectivity index (χ2v) is 13.7. The first-order chi connectivity index (χ1) is 18.8. The van der Waals surface area contributed by atoms with Crippen LogP contribution in [0.4, 0.5) is 0 Å². The smallest absolute Gasteiger partial charge is 0.469 e. The van der Waals surface area contributed by atoms with E-state index in [0.717, 1.165) is 47.0 Å². The predicted octanol–water partition coefficient (Wildman–Crippen LogP) is 5.13. The zero-order valence-corrected chi connectivity index (χ0v) is 30.5. The highest BCUT2D eigenvalue weighted by atomic mass is 32.2. The normalized spacial score (nSPS) is 11.1. The molecule has 0 aliphatic rings. The number of hydrogen-bond donors (Lipinski definition) is 1. The number of phosphoric ester groups is 2. The Bertz CT molecular complexity index is 764. The summed E-state index contributed by atoms with van der Waals surface area (Å²) in [4.78, 5) is 18.3. The molecule has 26 heteroatoms. The third-order valence-electron chi connectivity index (χ3n) is 2.35. The summed E-state index contributed by atoms with van der Waals surface area (Å²) in [5.74, 6) is -0.245. The van der Waals surface area contributed by atoms with Gasteiger partial charge in [0.25, 0.3) is 10.1 Å². The van der Waals surface area contributed by atoms with Crippen LogP contribution in [-0.4, -0.2) is 111 Å². The maximum atomic E-state index is 11.0. The van der Waals surface area contributed by atoms with Crippen LogP contribution in [0.5, 0.6) is 0 Å². The van der Waals surface area contributed by atoms with Crippen molar-refractivity contribution in [2.24, 2.45) is 0 Å². The molecule has 0 aromatic heterocycles. The van der Waals surface area contributed by atoms with Gasteiger partial charge in [0.05, 0.1) is 48.9 Å². The van der Waals surface area contributed by atoms with E-state index in [1.54, 1.807) is 35.5 Å². The SMILES string of the molecule is C.C.COC(C)=O.COP(=O)(O)OP(=O)(OC)OC.COP(OC)OC.COS(C)(=O)=O.COSOC.CO[P+](=O)OC. The molecule has 0 heterocycles. The molecule has 1 atom stereocenters. The summed E-state index contributed by atoms with van der Waals surface area (Å²) in [6.45, 7) is 1.36. The Morgan fingerprint density at radius 3 is 1.14 bits per heavy atom. The fourth-order valence-electron chi connectivity index (χ4n) is 0.667. The van der Waals surface area contributed by atoms with Crippen molar-refractivity contribution in [1.29, 1.82) is 0 Å². The molecule has 1 N–H and O–H groups in total. The summed E-state index contributed by atoms with van der Waals surface area (Å²) in [5, 5.41) is 0. The van der Waals surface area contributed by atoms with Gasteiger partial charge in [0, 0.05) is 54.1 Å². The lowest BCUT2D eigenvalue weighted by Gasteiger charge is -2.15. The highest BCUT2D eigenvalue weighted by Gasteiger charge is 2.35. The van der Waals surface area contributed by atoms with E-state index in [0.29, 0.717) is 0 Å². The van der Waals surface area contributed by atoms with Crippen molar-refractivity contribution in [3.8, 4) is 0 Å². The van der Waals surface area contributed by atoms with Crippen molar-refractivity contribution in [2.75, 3.05) is 91.6 Å². The minimum absolute atomic E-state index is 0. The van der Waals surface area contributed by atoms with Crippen LogP contribution < -0.4 is 0 Å². The van der Waals surface area contributed by atoms with Crippen LogP contribution in [0, 0.1) is 0 Å². The van der Waals surface area contributed by atoms with Crippen molar-refractivity contribution in [3.63, 3.8) is 0 Å². The van der Waals surface area contributed by atoms with Crippen molar-refractivity contribution >= 4 is 60.9 Å². The Labute approximate surface area is 263 Å². The van der Waals surface area contributed by atoms with Gasteiger partial charge in [-0.15, -0.1) is 9.05 Å². The molecule has 270 valence electrons. The van der Waals surface area contributed by atoms with Crippen LogP contribution in [0.3, 0.4) is 0 Å². The average molecular weight is 764 g/mol. The van der Waals surface area contributed by atoms with E-state index in [1.807, 2.05) is 0 Å². The number of esters is 1. The molecule has 0 aromatic carbocycles. The molecule has 0 aromatic rings. The lowest BCUT2D eigenvalue weighted by molar-refractivity contribution is -0.137. The molecule has 0 aliphatic carbocycles. The summed E-state index contributed by atoms with van der Waals surface area (Å²) < 4.78 is 107. The van der Waals surface area contributed by atoms with Gasteiger partial charge in [-0.2, -0.15) is 12.7 Å². The molecule has 0 bridgehead atoms. The number of hydrogen-bond acceptors (Lipinski definition) is 20. The number of ether oxygens (including phenoxy) is 1. The Balaban J connectivity index is -0.0000000585. The lowest BCUT2D eigenvalue weighted by Crippen LogP contribution is -1.95. The molecule has 0 spiro atoms. The fraction of sp³-hybridized carbons (Fsp3) is 0.941. The summed E-state index contributed by atoms with van der Waals surface area (Å²) in [7, 11) is 1.45.